The first-order chi connectivity index (χ1) is 16.1. The summed E-state index contributed by atoms with van der Waals surface area (Å²) in [5, 5.41) is 4.13. The molecule has 10 heteroatoms. The molecule has 34 heavy (non-hydrogen) atoms. The van der Waals surface area contributed by atoms with E-state index < -0.39 is 34.6 Å². The van der Waals surface area contributed by atoms with Crippen LogP contribution in [0.2, 0.25) is 5.02 Å². The highest BCUT2D eigenvalue weighted by Crippen LogP contribution is 2.37. The highest BCUT2D eigenvalue weighted by atomic mass is 35.5. The Morgan fingerprint density at radius 3 is 2.41 bits per heavy atom. The Balaban J connectivity index is 1.73. The maximum absolute atomic E-state index is 13.8. The predicted octanol–water partition coefficient (Wildman–Crippen LogP) is 7.26. The summed E-state index contributed by atoms with van der Waals surface area (Å²) in [6, 6.07) is 15.2. The molecular weight excluding hydrogens is 492 g/mol. The summed E-state index contributed by atoms with van der Waals surface area (Å²) in [6.45, 7) is 1.73. The average molecular weight is 511 g/mol. The minimum atomic E-state index is -4.69. The number of hydrogen-bond acceptors (Lipinski definition) is 3. The van der Waals surface area contributed by atoms with E-state index in [-0.39, 0.29) is 16.3 Å². The molecule has 178 valence electrons. The van der Waals surface area contributed by atoms with Crippen LogP contribution in [0, 0.1) is 5.82 Å². The van der Waals surface area contributed by atoms with Crippen LogP contribution in [0.1, 0.15) is 29.3 Å². The van der Waals surface area contributed by atoms with Crippen LogP contribution in [0.3, 0.4) is 0 Å². The predicted molar refractivity (Wildman–Crippen MR) is 126 cm³/mol. The molecule has 4 nitrogen and oxygen atoms in total. The lowest BCUT2D eigenvalue weighted by molar-refractivity contribution is -0.137. The lowest BCUT2D eigenvalue weighted by Crippen LogP contribution is -2.26. The fourth-order valence-corrected chi connectivity index (χ4v) is 4.24. The first-order valence-corrected chi connectivity index (χ1v) is 11.3. The third-order valence-electron chi connectivity index (χ3n) is 4.70. The average Bonchev–Trinajstić information content (AvgIpc) is 2.78. The van der Waals surface area contributed by atoms with Gasteiger partial charge < -0.3 is 10.6 Å². The Morgan fingerprint density at radius 2 is 1.74 bits per heavy atom. The lowest BCUT2D eigenvalue weighted by Gasteiger charge is -2.18. The fourth-order valence-electron chi connectivity index (χ4n) is 3.05. The molecule has 0 heterocycles. The van der Waals surface area contributed by atoms with Gasteiger partial charge in [-0.3, -0.25) is 9.59 Å². The second kappa shape index (κ2) is 10.9. The van der Waals surface area contributed by atoms with Gasteiger partial charge in [-0.05, 0) is 55.0 Å². The molecule has 1 atom stereocenters. The molecule has 0 spiro atoms. The standard InChI is InChI=1S/C24H19ClF4N2O2S/c1-2-21(23(33)31-20-11-10-14(25)12-18(20)24(27,28)29)34-16-7-5-6-15(13-16)30-22(32)17-8-3-4-9-19(17)26/h3-13,21H,2H2,1H3,(H,30,32)(H,31,33). The topological polar surface area (TPSA) is 58.2 Å². The zero-order valence-electron chi connectivity index (χ0n) is 17.7. The monoisotopic (exact) mass is 510 g/mol. The number of anilines is 2. The van der Waals surface area contributed by atoms with E-state index in [1.54, 1.807) is 37.3 Å². The molecule has 1 unspecified atom stereocenters. The summed E-state index contributed by atoms with van der Waals surface area (Å²) in [7, 11) is 0. The minimum absolute atomic E-state index is 0.0963. The summed E-state index contributed by atoms with van der Waals surface area (Å²) in [4.78, 5) is 25.7. The van der Waals surface area contributed by atoms with E-state index in [1.807, 2.05) is 0 Å². The van der Waals surface area contributed by atoms with E-state index in [2.05, 4.69) is 10.6 Å². The van der Waals surface area contributed by atoms with E-state index in [0.717, 1.165) is 23.9 Å². The van der Waals surface area contributed by atoms with Crippen molar-refractivity contribution in [3.63, 3.8) is 0 Å². The van der Waals surface area contributed by atoms with Crippen LogP contribution < -0.4 is 10.6 Å². The van der Waals surface area contributed by atoms with Crippen molar-refractivity contribution in [3.8, 4) is 0 Å². The molecule has 0 radical (unpaired) electrons. The number of carbonyl (C=O) groups excluding carboxylic acids is 2. The maximum Gasteiger partial charge on any atom is 0.418 e. The molecule has 2 N–H and O–H groups in total. The Bertz CT molecular complexity index is 1200. The van der Waals surface area contributed by atoms with Crippen LogP contribution >= 0.6 is 23.4 Å². The van der Waals surface area contributed by atoms with E-state index in [0.29, 0.717) is 17.0 Å². The largest absolute Gasteiger partial charge is 0.418 e. The Morgan fingerprint density at radius 1 is 1.00 bits per heavy atom. The number of hydrogen-bond donors (Lipinski definition) is 2. The molecular formula is C24H19ClF4N2O2S. The van der Waals surface area contributed by atoms with Gasteiger partial charge in [-0.2, -0.15) is 13.2 Å². The number of halogens is 5. The van der Waals surface area contributed by atoms with Crippen LogP contribution in [0.25, 0.3) is 0 Å². The summed E-state index contributed by atoms with van der Waals surface area (Å²) >= 11 is 6.82. The summed E-state index contributed by atoms with van der Waals surface area (Å²) in [6.07, 6.45) is -4.36. The third-order valence-corrected chi connectivity index (χ3v) is 6.29. The number of carbonyl (C=O) groups is 2. The van der Waals surface area contributed by atoms with Gasteiger partial charge in [0.05, 0.1) is 22.1 Å². The number of rotatable bonds is 7. The van der Waals surface area contributed by atoms with Gasteiger partial charge in [0.25, 0.3) is 5.91 Å². The molecule has 0 aliphatic carbocycles. The first-order valence-electron chi connectivity index (χ1n) is 10.1. The first kappa shape index (κ1) is 25.6. The Hall–Kier alpha value is -3.04. The van der Waals surface area contributed by atoms with Gasteiger partial charge in [0.2, 0.25) is 5.91 Å². The van der Waals surface area contributed by atoms with Crippen molar-refractivity contribution in [2.75, 3.05) is 10.6 Å². The molecule has 2 amide bonds. The summed E-state index contributed by atoms with van der Waals surface area (Å²) < 4.78 is 53.8. The van der Waals surface area contributed by atoms with Gasteiger partial charge in [0.1, 0.15) is 5.82 Å². The molecule has 0 aliphatic heterocycles. The van der Waals surface area contributed by atoms with Gasteiger partial charge >= 0.3 is 6.18 Å². The van der Waals surface area contributed by atoms with E-state index in [1.165, 1.54) is 24.3 Å². The van der Waals surface area contributed by atoms with Crippen molar-refractivity contribution in [2.24, 2.45) is 0 Å². The van der Waals surface area contributed by atoms with Crippen molar-refractivity contribution in [1.82, 2.24) is 0 Å². The number of benzene rings is 3. The Kier molecular flexibility index (Phi) is 8.22. The summed E-state index contributed by atoms with van der Waals surface area (Å²) in [5.74, 6) is -1.90. The molecule has 3 aromatic carbocycles. The van der Waals surface area contributed by atoms with Crippen LogP contribution in [-0.2, 0) is 11.0 Å². The summed E-state index contributed by atoms with van der Waals surface area (Å²) in [5.41, 5.74) is -1.15. The van der Waals surface area contributed by atoms with Crippen LogP contribution in [0.5, 0.6) is 0 Å². The Labute approximate surface area is 202 Å². The quantitative estimate of drug-likeness (QED) is 0.260. The lowest BCUT2D eigenvalue weighted by atomic mass is 10.1. The number of thioether (sulfide) groups is 1. The van der Waals surface area contributed by atoms with E-state index >= 15 is 0 Å². The van der Waals surface area contributed by atoms with Gasteiger partial charge in [-0.25, -0.2) is 4.39 Å². The zero-order chi connectivity index (χ0) is 24.9. The highest BCUT2D eigenvalue weighted by molar-refractivity contribution is 8.00. The van der Waals surface area contributed by atoms with Crippen molar-refractivity contribution in [1.29, 1.82) is 0 Å². The van der Waals surface area contributed by atoms with Gasteiger partial charge in [0.15, 0.2) is 0 Å². The molecule has 0 saturated heterocycles. The molecule has 3 rings (SSSR count). The molecule has 0 aliphatic rings. The van der Waals surface area contributed by atoms with Crippen LogP contribution in [0.15, 0.2) is 71.6 Å². The second-order valence-corrected chi connectivity index (χ2v) is 8.87. The van der Waals surface area contributed by atoms with Crippen molar-refractivity contribution in [2.45, 2.75) is 29.7 Å². The molecule has 3 aromatic rings. The van der Waals surface area contributed by atoms with Crippen molar-refractivity contribution in [3.05, 3.63) is 88.7 Å². The second-order valence-electron chi connectivity index (χ2n) is 7.15. The van der Waals surface area contributed by atoms with E-state index in [4.69, 9.17) is 11.6 Å². The molecule has 0 saturated carbocycles. The minimum Gasteiger partial charge on any atom is -0.325 e. The fraction of sp³-hybridized carbons (Fsp3) is 0.167. The van der Waals surface area contributed by atoms with E-state index in [9.17, 15) is 27.2 Å². The van der Waals surface area contributed by atoms with Gasteiger partial charge in [-0.1, -0.05) is 36.7 Å². The van der Waals surface area contributed by atoms with Crippen molar-refractivity contribution >= 4 is 46.6 Å². The number of nitrogens with one attached hydrogen (secondary N) is 2. The molecule has 0 aromatic heterocycles. The van der Waals surface area contributed by atoms with Crippen LogP contribution in [0.4, 0.5) is 28.9 Å². The number of amides is 2. The molecule has 0 fully saturated rings. The van der Waals surface area contributed by atoms with Crippen molar-refractivity contribution < 1.29 is 27.2 Å². The maximum atomic E-state index is 13.8. The third kappa shape index (κ3) is 6.51. The zero-order valence-corrected chi connectivity index (χ0v) is 19.3. The van der Waals surface area contributed by atoms with Gasteiger partial charge in [-0.15, -0.1) is 11.8 Å². The SMILES string of the molecule is CCC(Sc1cccc(NC(=O)c2ccccc2F)c1)C(=O)Nc1ccc(Cl)cc1C(F)(F)F. The number of alkyl halides is 3. The molecule has 0 bridgehead atoms. The normalized spacial score (nSPS) is 12.2. The van der Waals surface area contributed by atoms with Crippen LogP contribution in [-0.4, -0.2) is 17.1 Å². The highest BCUT2D eigenvalue weighted by Gasteiger charge is 2.34. The smallest absolute Gasteiger partial charge is 0.325 e. The van der Waals surface area contributed by atoms with Gasteiger partial charge in [0, 0.05) is 15.6 Å².